The number of carbonyl (C=O) groups is 1. The third-order valence-electron chi connectivity index (χ3n) is 4.37. The van der Waals surface area contributed by atoms with Crippen LogP contribution in [0.4, 0.5) is 11.4 Å². The maximum atomic E-state index is 12.3. The van der Waals surface area contributed by atoms with E-state index in [1.807, 2.05) is 24.3 Å². The Morgan fingerprint density at radius 2 is 1.78 bits per heavy atom. The second kappa shape index (κ2) is 8.73. The van der Waals surface area contributed by atoms with Crippen molar-refractivity contribution in [3.05, 3.63) is 58.6 Å². The van der Waals surface area contributed by atoms with Gasteiger partial charge in [0, 0.05) is 17.0 Å². The number of nitrogens with one attached hydrogen (secondary N) is 3. The number of fused-ring (bicyclic) bond motifs is 1. The first-order valence-electron chi connectivity index (χ1n) is 8.86. The van der Waals surface area contributed by atoms with Crippen molar-refractivity contribution in [2.75, 3.05) is 22.5 Å². The third-order valence-corrected chi connectivity index (χ3v) is 5.71. The Kier molecular flexibility index (Phi) is 6.36. The molecule has 0 spiro atoms. The predicted octanol–water partition coefficient (Wildman–Crippen LogP) is 3.61. The van der Waals surface area contributed by atoms with Crippen LogP contribution in [0.2, 0.25) is 5.02 Å². The summed E-state index contributed by atoms with van der Waals surface area (Å²) in [6.07, 6.45) is 2.98. The summed E-state index contributed by atoms with van der Waals surface area (Å²) in [6, 6.07) is 12.7. The molecule has 0 bridgehead atoms. The normalized spacial score (nSPS) is 14.3. The highest BCUT2D eigenvalue weighted by Gasteiger charge is 2.23. The molecule has 0 unspecified atom stereocenters. The molecule has 2 aromatic carbocycles. The number of halogens is 1. The number of carbonyl (C=O) groups excluding carboxylic acids is 1. The zero-order valence-electron chi connectivity index (χ0n) is 14.8. The van der Waals surface area contributed by atoms with E-state index in [2.05, 4.69) is 14.8 Å². The number of benzene rings is 2. The highest BCUT2D eigenvalue weighted by atomic mass is 35.5. The molecule has 0 aromatic heterocycles. The van der Waals surface area contributed by atoms with Gasteiger partial charge in [0.05, 0.1) is 11.4 Å². The Labute approximate surface area is 164 Å². The van der Waals surface area contributed by atoms with Crippen molar-refractivity contribution in [3.63, 3.8) is 0 Å². The van der Waals surface area contributed by atoms with Crippen LogP contribution < -0.4 is 14.8 Å². The van der Waals surface area contributed by atoms with Crippen LogP contribution in [0.25, 0.3) is 0 Å². The first-order valence-corrected chi connectivity index (χ1v) is 10.7. The molecule has 0 aliphatic carbocycles. The monoisotopic (exact) mass is 407 g/mol. The van der Waals surface area contributed by atoms with Gasteiger partial charge in [-0.05, 0) is 62.2 Å². The quantitative estimate of drug-likeness (QED) is 0.437. The van der Waals surface area contributed by atoms with E-state index in [9.17, 15) is 13.2 Å². The number of unbranched alkanes of at least 4 members (excludes halogenated alkanes) is 1. The van der Waals surface area contributed by atoms with E-state index in [0.29, 0.717) is 23.4 Å². The minimum absolute atomic E-state index is 0.0139. The highest BCUT2D eigenvalue weighted by molar-refractivity contribution is 7.94. The molecule has 0 atom stereocenters. The number of hydrogen-bond acceptors (Lipinski definition) is 4. The van der Waals surface area contributed by atoms with E-state index in [4.69, 9.17) is 11.6 Å². The molecule has 3 rings (SSSR count). The fourth-order valence-corrected chi connectivity index (χ4v) is 4.14. The van der Waals surface area contributed by atoms with Gasteiger partial charge < -0.3 is 5.32 Å². The van der Waals surface area contributed by atoms with Gasteiger partial charge in [0.25, 0.3) is 0 Å². The maximum absolute atomic E-state index is 12.3. The summed E-state index contributed by atoms with van der Waals surface area (Å²) in [7, 11) is -3.53. The van der Waals surface area contributed by atoms with Gasteiger partial charge in [-0.1, -0.05) is 29.8 Å². The average Bonchev–Trinajstić information content (AvgIpc) is 2.95. The molecule has 0 saturated carbocycles. The minimum atomic E-state index is -3.53. The molecule has 0 radical (unpaired) electrons. The Hall–Kier alpha value is -2.09. The Morgan fingerprint density at radius 1 is 1.00 bits per heavy atom. The van der Waals surface area contributed by atoms with Gasteiger partial charge in [-0.2, -0.15) is 8.42 Å². The topological polar surface area (TPSA) is 87.3 Å². The van der Waals surface area contributed by atoms with Gasteiger partial charge in [-0.25, -0.2) is 0 Å². The summed E-state index contributed by atoms with van der Waals surface area (Å²) >= 11 is 6.12. The molecule has 1 aliphatic heterocycles. The molecule has 0 amide bonds. The lowest BCUT2D eigenvalue weighted by Gasteiger charge is -2.07. The van der Waals surface area contributed by atoms with E-state index < -0.39 is 10.2 Å². The fraction of sp³-hybridized carbons (Fsp3) is 0.316. The molecule has 27 heavy (non-hydrogen) atoms. The molecule has 1 aliphatic rings. The zero-order chi connectivity index (χ0) is 19.3. The smallest absolute Gasteiger partial charge is 0.316 e. The summed E-state index contributed by atoms with van der Waals surface area (Å²) in [6.45, 7) is 1.68. The highest BCUT2D eigenvalue weighted by Crippen LogP contribution is 2.30. The van der Waals surface area contributed by atoms with Crippen LogP contribution in [-0.4, -0.2) is 27.3 Å². The van der Waals surface area contributed by atoms with E-state index in [1.165, 1.54) is 0 Å². The summed E-state index contributed by atoms with van der Waals surface area (Å²) < 4.78 is 27.6. The van der Waals surface area contributed by atoms with E-state index >= 15 is 0 Å². The van der Waals surface area contributed by atoms with Gasteiger partial charge in [0.15, 0.2) is 5.78 Å². The lowest BCUT2D eigenvalue weighted by molar-refractivity contribution is 0.0979. The van der Waals surface area contributed by atoms with Crippen molar-refractivity contribution in [2.24, 2.45) is 0 Å². The van der Waals surface area contributed by atoms with Crippen molar-refractivity contribution < 1.29 is 13.2 Å². The van der Waals surface area contributed by atoms with E-state index in [-0.39, 0.29) is 5.78 Å². The van der Waals surface area contributed by atoms with Crippen LogP contribution in [0, 0.1) is 0 Å². The SMILES string of the molecule is O=C(CCCCNCCc1ccccc1Cl)c1ccc2c(c1)NS(=O)(=O)N2. The number of ketones is 1. The second-order valence-electron chi connectivity index (χ2n) is 6.44. The third kappa shape index (κ3) is 5.45. The molecular formula is C19H22ClN3O3S. The second-order valence-corrected chi connectivity index (χ2v) is 8.26. The number of Topliss-reactive ketones (excluding diaryl/α,β-unsaturated/α-hetero) is 1. The largest absolute Gasteiger partial charge is 0.321 e. The molecule has 3 N–H and O–H groups in total. The van der Waals surface area contributed by atoms with Gasteiger partial charge in [-0.3, -0.25) is 14.2 Å². The number of anilines is 2. The summed E-state index contributed by atoms with van der Waals surface area (Å²) in [5, 5.41) is 4.15. The predicted molar refractivity (Wildman–Crippen MR) is 109 cm³/mol. The summed E-state index contributed by atoms with van der Waals surface area (Å²) in [4.78, 5) is 12.3. The van der Waals surface area contributed by atoms with Crippen molar-refractivity contribution in [2.45, 2.75) is 25.7 Å². The number of rotatable bonds is 9. The molecule has 0 fully saturated rings. The fourth-order valence-electron chi connectivity index (χ4n) is 2.94. The molecule has 144 valence electrons. The lowest BCUT2D eigenvalue weighted by Crippen LogP contribution is -2.18. The van der Waals surface area contributed by atoms with Crippen LogP contribution in [0.3, 0.4) is 0 Å². The molecule has 1 heterocycles. The number of hydrogen-bond donors (Lipinski definition) is 3. The average molecular weight is 408 g/mol. The van der Waals surface area contributed by atoms with Crippen LogP contribution in [-0.2, 0) is 16.6 Å². The Morgan fingerprint density at radius 3 is 2.59 bits per heavy atom. The van der Waals surface area contributed by atoms with Crippen LogP contribution in [0.15, 0.2) is 42.5 Å². The van der Waals surface area contributed by atoms with Gasteiger partial charge >= 0.3 is 10.2 Å². The molecule has 8 heteroatoms. The maximum Gasteiger partial charge on any atom is 0.321 e. The minimum Gasteiger partial charge on any atom is -0.316 e. The molecular weight excluding hydrogens is 386 g/mol. The van der Waals surface area contributed by atoms with Crippen molar-refractivity contribution >= 4 is 39.0 Å². The summed E-state index contributed by atoms with van der Waals surface area (Å²) in [5.74, 6) is 0.0139. The first kappa shape index (κ1) is 19.7. The first-order chi connectivity index (χ1) is 12.9. The summed E-state index contributed by atoms with van der Waals surface area (Å²) in [5.41, 5.74) is 2.53. The zero-order valence-corrected chi connectivity index (χ0v) is 16.4. The van der Waals surface area contributed by atoms with Gasteiger partial charge in [-0.15, -0.1) is 0 Å². The molecule has 6 nitrogen and oxygen atoms in total. The lowest BCUT2D eigenvalue weighted by atomic mass is 10.0. The Bertz CT molecular complexity index is 932. The van der Waals surface area contributed by atoms with Gasteiger partial charge in [0.1, 0.15) is 0 Å². The molecule has 2 aromatic rings. The molecule has 0 saturated heterocycles. The van der Waals surface area contributed by atoms with Crippen molar-refractivity contribution in [1.29, 1.82) is 0 Å². The van der Waals surface area contributed by atoms with E-state index in [1.54, 1.807) is 18.2 Å². The van der Waals surface area contributed by atoms with Crippen molar-refractivity contribution in [1.82, 2.24) is 5.32 Å². The van der Waals surface area contributed by atoms with Gasteiger partial charge in [0.2, 0.25) is 0 Å². The van der Waals surface area contributed by atoms with Crippen molar-refractivity contribution in [3.8, 4) is 0 Å². The Balaban J connectivity index is 1.35. The van der Waals surface area contributed by atoms with Crippen LogP contribution in [0.5, 0.6) is 0 Å². The standard InChI is InChI=1S/C19H22ClN3O3S/c20-16-6-2-1-5-14(16)10-12-21-11-4-3-7-19(24)15-8-9-17-18(13-15)23-27(25,26)22-17/h1-2,5-6,8-9,13,21-23H,3-4,7,10-12H2. The van der Waals surface area contributed by atoms with Crippen LogP contribution in [0.1, 0.15) is 35.2 Å². The van der Waals surface area contributed by atoms with E-state index in [0.717, 1.165) is 42.9 Å². The van der Waals surface area contributed by atoms with Crippen LogP contribution >= 0.6 is 11.6 Å².